The SMILES string of the molecule is N#Cc1cccc(-c2ccc(CN(CC(=O)Nc3cc(F)cc(F)c3)CC3CC3)cc2)c1. The first kappa shape index (κ1) is 21.7. The van der Waals surface area contributed by atoms with Crippen LogP contribution < -0.4 is 5.32 Å². The van der Waals surface area contributed by atoms with Gasteiger partial charge in [-0.1, -0.05) is 36.4 Å². The Hall–Kier alpha value is -3.56. The highest BCUT2D eigenvalue weighted by Gasteiger charge is 2.25. The molecule has 0 aromatic heterocycles. The van der Waals surface area contributed by atoms with Crippen LogP contribution in [0.25, 0.3) is 11.1 Å². The number of nitrogens with zero attached hydrogens (tertiary/aromatic N) is 2. The summed E-state index contributed by atoms with van der Waals surface area (Å²) in [5.74, 6) is -1.17. The number of rotatable bonds is 8. The highest BCUT2D eigenvalue weighted by atomic mass is 19.1. The molecule has 1 aliphatic rings. The number of hydrogen-bond donors (Lipinski definition) is 1. The van der Waals surface area contributed by atoms with E-state index in [0.29, 0.717) is 18.0 Å². The van der Waals surface area contributed by atoms with Gasteiger partial charge in [-0.05, 0) is 59.7 Å². The molecule has 0 unspecified atom stereocenters. The standard InChI is InChI=1S/C26H23F2N3O/c27-23-11-24(28)13-25(12-23)30-26(32)17-31(15-18-4-5-18)16-19-6-8-21(9-7-19)22-3-1-2-20(10-22)14-29/h1-3,6-13,18H,4-5,15-17H2,(H,30,32). The molecule has 1 fully saturated rings. The Morgan fingerprint density at radius 2 is 1.72 bits per heavy atom. The number of hydrogen-bond acceptors (Lipinski definition) is 3. The van der Waals surface area contributed by atoms with Crippen molar-refractivity contribution in [3.05, 3.63) is 89.5 Å². The topological polar surface area (TPSA) is 56.1 Å². The van der Waals surface area contributed by atoms with Crippen LogP contribution in [0, 0.1) is 28.9 Å². The number of nitrogens with one attached hydrogen (secondary N) is 1. The number of carbonyl (C=O) groups excluding carboxylic acids is 1. The van der Waals surface area contributed by atoms with Crippen LogP contribution in [-0.4, -0.2) is 23.9 Å². The van der Waals surface area contributed by atoms with E-state index in [9.17, 15) is 13.6 Å². The monoisotopic (exact) mass is 431 g/mol. The summed E-state index contributed by atoms with van der Waals surface area (Å²) in [6.07, 6.45) is 2.31. The summed E-state index contributed by atoms with van der Waals surface area (Å²) in [7, 11) is 0. The number of halogens is 2. The predicted molar refractivity (Wildman–Crippen MR) is 120 cm³/mol. The van der Waals surface area contributed by atoms with E-state index in [1.165, 1.54) is 0 Å². The molecule has 0 radical (unpaired) electrons. The van der Waals surface area contributed by atoms with Gasteiger partial charge in [-0.25, -0.2) is 8.78 Å². The maximum atomic E-state index is 13.4. The molecular formula is C26H23F2N3O. The fraction of sp³-hybridized carbons (Fsp3) is 0.231. The van der Waals surface area contributed by atoms with Crippen LogP contribution in [0.15, 0.2) is 66.7 Å². The molecule has 32 heavy (non-hydrogen) atoms. The number of nitriles is 1. The third kappa shape index (κ3) is 5.99. The van der Waals surface area contributed by atoms with Gasteiger partial charge in [-0.3, -0.25) is 9.69 Å². The van der Waals surface area contributed by atoms with Crippen molar-refractivity contribution in [2.24, 2.45) is 5.92 Å². The van der Waals surface area contributed by atoms with Gasteiger partial charge < -0.3 is 5.32 Å². The van der Waals surface area contributed by atoms with Crippen molar-refractivity contribution < 1.29 is 13.6 Å². The number of amides is 1. The Morgan fingerprint density at radius 1 is 1.00 bits per heavy atom. The van der Waals surface area contributed by atoms with Gasteiger partial charge in [0.1, 0.15) is 11.6 Å². The molecule has 1 aliphatic carbocycles. The fourth-order valence-corrected chi connectivity index (χ4v) is 3.71. The van der Waals surface area contributed by atoms with Crippen LogP contribution in [0.4, 0.5) is 14.5 Å². The summed E-state index contributed by atoms with van der Waals surface area (Å²) in [4.78, 5) is 14.6. The van der Waals surface area contributed by atoms with E-state index in [2.05, 4.69) is 16.3 Å². The molecule has 1 amide bonds. The molecule has 162 valence electrons. The van der Waals surface area contributed by atoms with Crippen molar-refractivity contribution in [1.82, 2.24) is 4.90 Å². The van der Waals surface area contributed by atoms with Crippen LogP contribution in [0.3, 0.4) is 0 Å². The predicted octanol–water partition coefficient (Wildman–Crippen LogP) is 5.35. The highest BCUT2D eigenvalue weighted by Crippen LogP contribution is 2.30. The van der Waals surface area contributed by atoms with Gasteiger partial charge in [0.2, 0.25) is 5.91 Å². The summed E-state index contributed by atoms with van der Waals surface area (Å²) in [5.41, 5.74) is 3.79. The van der Waals surface area contributed by atoms with E-state index in [1.54, 1.807) is 6.07 Å². The van der Waals surface area contributed by atoms with Crippen LogP contribution >= 0.6 is 0 Å². The van der Waals surface area contributed by atoms with Crippen molar-refractivity contribution in [2.75, 3.05) is 18.4 Å². The zero-order chi connectivity index (χ0) is 22.5. The second-order valence-corrected chi connectivity index (χ2v) is 8.21. The number of benzene rings is 3. The average molecular weight is 431 g/mol. The van der Waals surface area contributed by atoms with Gasteiger partial charge in [0, 0.05) is 24.8 Å². The van der Waals surface area contributed by atoms with Crippen molar-refractivity contribution >= 4 is 11.6 Å². The molecule has 6 heteroatoms. The molecule has 0 spiro atoms. The van der Waals surface area contributed by atoms with Crippen molar-refractivity contribution in [3.8, 4) is 17.2 Å². The molecule has 0 atom stereocenters. The second kappa shape index (κ2) is 9.71. The molecule has 0 heterocycles. The first-order valence-electron chi connectivity index (χ1n) is 10.6. The molecule has 0 aliphatic heterocycles. The molecule has 1 saturated carbocycles. The summed E-state index contributed by atoms with van der Waals surface area (Å²) >= 11 is 0. The molecule has 3 aromatic rings. The van der Waals surface area contributed by atoms with E-state index in [1.807, 2.05) is 42.5 Å². The first-order chi connectivity index (χ1) is 15.5. The molecule has 0 bridgehead atoms. The minimum atomic E-state index is -0.726. The minimum Gasteiger partial charge on any atom is -0.325 e. The molecular weight excluding hydrogens is 408 g/mol. The zero-order valence-corrected chi connectivity index (χ0v) is 17.5. The van der Waals surface area contributed by atoms with Crippen LogP contribution in [0.5, 0.6) is 0 Å². The van der Waals surface area contributed by atoms with Gasteiger partial charge in [-0.15, -0.1) is 0 Å². The summed E-state index contributed by atoms with van der Waals surface area (Å²) < 4.78 is 26.8. The van der Waals surface area contributed by atoms with Gasteiger partial charge in [0.05, 0.1) is 18.2 Å². The number of anilines is 1. The first-order valence-corrected chi connectivity index (χ1v) is 10.6. The lowest BCUT2D eigenvalue weighted by Gasteiger charge is -2.22. The van der Waals surface area contributed by atoms with Crippen LogP contribution in [0.2, 0.25) is 0 Å². The third-order valence-electron chi connectivity index (χ3n) is 5.41. The largest absolute Gasteiger partial charge is 0.325 e. The molecule has 4 nitrogen and oxygen atoms in total. The van der Waals surface area contributed by atoms with Crippen LogP contribution in [0.1, 0.15) is 24.0 Å². The summed E-state index contributed by atoms with van der Waals surface area (Å²) in [5, 5.41) is 11.7. The van der Waals surface area contributed by atoms with E-state index in [-0.39, 0.29) is 18.1 Å². The van der Waals surface area contributed by atoms with Crippen molar-refractivity contribution in [2.45, 2.75) is 19.4 Å². The molecule has 1 N–H and O–H groups in total. The normalized spacial score (nSPS) is 13.1. The van der Waals surface area contributed by atoms with Gasteiger partial charge >= 0.3 is 0 Å². The fourth-order valence-electron chi connectivity index (χ4n) is 3.71. The van der Waals surface area contributed by atoms with Crippen LogP contribution in [-0.2, 0) is 11.3 Å². The minimum absolute atomic E-state index is 0.114. The number of carbonyl (C=O) groups is 1. The maximum absolute atomic E-state index is 13.4. The van der Waals surface area contributed by atoms with E-state index in [4.69, 9.17) is 5.26 Å². The quantitative estimate of drug-likeness (QED) is 0.523. The van der Waals surface area contributed by atoms with Crippen molar-refractivity contribution in [3.63, 3.8) is 0 Å². The highest BCUT2D eigenvalue weighted by molar-refractivity contribution is 5.92. The van der Waals surface area contributed by atoms with Gasteiger partial charge in [0.25, 0.3) is 0 Å². The lowest BCUT2D eigenvalue weighted by Crippen LogP contribution is -2.34. The second-order valence-electron chi connectivity index (χ2n) is 8.21. The molecule has 3 aromatic carbocycles. The molecule has 0 saturated heterocycles. The van der Waals surface area contributed by atoms with Crippen molar-refractivity contribution in [1.29, 1.82) is 5.26 Å². The zero-order valence-electron chi connectivity index (χ0n) is 17.5. The van der Waals surface area contributed by atoms with Gasteiger partial charge in [0.15, 0.2) is 0 Å². The Labute approximate surface area is 186 Å². The van der Waals surface area contributed by atoms with E-state index >= 15 is 0 Å². The van der Waals surface area contributed by atoms with Gasteiger partial charge in [-0.2, -0.15) is 5.26 Å². The molecule has 4 rings (SSSR count). The summed E-state index contributed by atoms with van der Waals surface area (Å²) in [6, 6.07) is 20.7. The Balaban J connectivity index is 1.42. The lowest BCUT2D eigenvalue weighted by molar-refractivity contribution is -0.117. The van der Waals surface area contributed by atoms with E-state index in [0.717, 1.165) is 54.3 Å². The average Bonchev–Trinajstić information content (AvgIpc) is 3.57. The lowest BCUT2D eigenvalue weighted by atomic mass is 10.0. The smallest absolute Gasteiger partial charge is 0.238 e. The maximum Gasteiger partial charge on any atom is 0.238 e. The third-order valence-corrected chi connectivity index (χ3v) is 5.41. The van der Waals surface area contributed by atoms with E-state index < -0.39 is 11.6 Å². The Morgan fingerprint density at radius 3 is 2.38 bits per heavy atom. The Bertz CT molecular complexity index is 1130. The Kier molecular flexibility index (Phi) is 6.58. The summed E-state index contributed by atoms with van der Waals surface area (Å²) in [6.45, 7) is 1.54.